The summed E-state index contributed by atoms with van der Waals surface area (Å²) in [7, 11) is -2.83. The van der Waals surface area contributed by atoms with Crippen LogP contribution in [-0.4, -0.2) is 20.1 Å². The SMILES string of the molecule is COc1ccccc1S(=O)(=O)O.F. The van der Waals surface area contributed by atoms with E-state index in [1.54, 1.807) is 6.07 Å². The standard InChI is InChI=1S/C7H8O4S.FH/c1-11-6-4-2-3-5-7(6)12(8,9)10;/h2-5H,1H3,(H,8,9,10);1H. The molecule has 6 heteroatoms. The summed E-state index contributed by atoms with van der Waals surface area (Å²) in [6, 6.07) is 5.86. The molecule has 0 spiro atoms. The minimum absolute atomic E-state index is 0. The predicted molar refractivity (Wildman–Crippen MR) is 45.3 cm³/mol. The lowest BCUT2D eigenvalue weighted by atomic mass is 10.3. The van der Waals surface area contributed by atoms with E-state index in [-0.39, 0.29) is 15.3 Å². The Labute approximate surface area is 75.3 Å². The Morgan fingerprint density at radius 3 is 2.23 bits per heavy atom. The van der Waals surface area contributed by atoms with E-state index in [2.05, 4.69) is 0 Å². The first-order valence-electron chi connectivity index (χ1n) is 3.16. The average molecular weight is 208 g/mol. The van der Waals surface area contributed by atoms with Gasteiger partial charge in [0.2, 0.25) is 0 Å². The van der Waals surface area contributed by atoms with Crippen molar-refractivity contribution in [3.63, 3.8) is 0 Å². The molecule has 0 saturated carbocycles. The first kappa shape index (κ1) is 11.9. The van der Waals surface area contributed by atoms with Crippen LogP contribution in [0.25, 0.3) is 0 Å². The van der Waals surface area contributed by atoms with Crippen molar-refractivity contribution in [3.05, 3.63) is 24.3 Å². The Balaban J connectivity index is 0.00000144. The Hall–Kier alpha value is -1.14. The van der Waals surface area contributed by atoms with Crippen molar-refractivity contribution in [1.29, 1.82) is 0 Å². The molecule has 0 atom stereocenters. The van der Waals surface area contributed by atoms with Crippen LogP contribution in [0.2, 0.25) is 0 Å². The lowest BCUT2D eigenvalue weighted by molar-refractivity contribution is 0.397. The Kier molecular flexibility index (Phi) is 3.83. The summed E-state index contributed by atoms with van der Waals surface area (Å²) in [5.41, 5.74) is 0. The van der Waals surface area contributed by atoms with E-state index >= 15 is 0 Å². The molecule has 0 aromatic heterocycles. The van der Waals surface area contributed by atoms with Gasteiger partial charge in [-0.2, -0.15) is 8.42 Å². The van der Waals surface area contributed by atoms with Gasteiger partial charge in [0.05, 0.1) is 7.11 Å². The number of methoxy groups -OCH3 is 1. The third kappa shape index (κ3) is 2.67. The summed E-state index contributed by atoms with van der Waals surface area (Å²) in [4.78, 5) is -0.215. The summed E-state index contributed by atoms with van der Waals surface area (Å²) in [6.45, 7) is 0. The molecule has 1 N–H and O–H groups in total. The zero-order valence-electron chi connectivity index (χ0n) is 6.80. The van der Waals surface area contributed by atoms with Crippen LogP contribution in [0.5, 0.6) is 5.75 Å². The van der Waals surface area contributed by atoms with Crippen molar-refractivity contribution < 1.29 is 22.4 Å². The average Bonchev–Trinajstić information content (AvgIpc) is 2.03. The first-order valence-corrected chi connectivity index (χ1v) is 4.60. The van der Waals surface area contributed by atoms with Crippen LogP contribution in [0.3, 0.4) is 0 Å². The van der Waals surface area contributed by atoms with Crippen LogP contribution in [0.1, 0.15) is 0 Å². The minimum Gasteiger partial charge on any atom is -0.495 e. The van der Waals surface area contributed by atoms with Crippen LogP contribution in [0, 0.1) is 0 Å². The van der Waals surface area contributed by atoms with E-state index < -0.39 is 10.1 Å². The summed E-state index contributed by atoms with van der Waals surface area (Å²) in [5.74, 6) is 0.139. The molecule has 0 heterocycles. The summed E-state index contributed by atoms with van der Waals surface area (Å²) in [6.07, 6.45) is 0. The summed E-state index contributed by atoms with van der Waals surface area (Å²) in [5, 5.41) is 0. The van der Waals surface area contributed by atoms with E-state index in [0.717, 1.165) is 0 Å². The molecular formula is C7H9FO4S. The van der Waals surface area contributed by atoms with Crippen molar-refractivity contribution in [2.45, 2.75) is 4.90 Å². The van der Waals surface area contributed by atoms with Gasteiger partial charge in [-0.15, -0.1) is 0 Å². The second kappa shape index (κ2) is 4.20. The van der Waals surface area contributed by atoms with Crippen LogP contribution in [0.15, 0.2) is 29.2 Å². The van der Waals surface area contributed by atoms with E-state index in [4.69, 9.17) is 9.29 Å². The molecule has 0 fully saturated rings. The highest BCUT2D eigenvalue weighted by Gasteiger charge is 2.14. The second-order valence-electron chi connectivity index (χ2n) is 2.13. The smallest absolute Gasteiger partial charge is 0.298 e. The minimum atomic E-state index is -4.17. The van der Waals surface area contributed by atoms with Crippen LogP contribution in [-0.2, 0) is 10.1 Å². The normalized spacial score (nSPS) is 10.3. The van der Waals surface area contributed by atoms with Crippen LogP contribution >= 0.6 is 0 Å². The van der Waals surface area contributed by atoms with E-state index in [9.17, 15) is 8.42 Å². The largest absolute Gasteiger partial charge is 0.495 e. The van der Waals surface area contributed by atoms with E-state index in [1.807, 2.05) is 0 Å². The molecule has 4 nitrogen and oxygen atoms in total. The molecule has 0 unspecified atom stereocenters. The van der Waals surface area contributed by atoms with Gasteiger partial charge in [-0.3, -0.25) is 9.26 Å². The Bertz CT molecular complexity index is 374. The Morgan fingerprint density at radius 2 is 1.85 bits per heavy atom. The third-order valence-corrected chi connectivity index (χ3v) is 2.24. The fraction of sp³-hybridized carbons (Fsp3) is 0.143. The molecule has 0 radical (unpaired) electrons. The molecule has 0 aliphatic rings. The first-order chi connectivity index (χ1) is 5.55. The van der Waals surface area contributed by atoms with Gasteiger partial charge in [0.25, 0.3) is 10.1 Å². The molecule has 0 saturated heterocycles. The molecular weight excluding hydrogens is 199 g/mol. The van der Waals surface area contributed by atoms with Gasteiger partial charge in [-0.05, 0) is 12.1 Å². The second-order valence-corrected chi connectivity index (χ2v) is 3.52. The van der Waals surface area contributed by atoms with Crippen LogP contribution < -0.4 is 4.74 Å². The number of benzene rings is 1. The van der Waals surface area contributed by atoms with Gasteiger partial charge in [0.1, 0.15) is 10.6 Å². The molecule has 1 aromatic carbocycles. The quantitative estimate of drug-likeness (QED) is 0.739. The Morgan fingerprint density at radius 1 is 1.31 bits per heavy atom. The van der Waals surface area contributed by atoms with Crippen LogP contribution in [0.4, 0.5) is 4.70 Å². The molecule has 1 aromatic rings. The van der Waals surface area contributed by atoms with Gasteiger partial charge in [0, 0.05) is 0 Å². The number of rotatable bonds is 2. The maximum absolute atomic E-state index is 10.7. The zero-order chi connectivity index (χ0) is 9.19. The monoisotopic (exact) mass is 208 g/mol. The molecule has 0 bridgehead atoms. The van der Waals surface area contributed by atoms with Gasteiger partial charge < -0.3 is 4.74 Å². The highest BCUT2D eigenvalue weighted by atomic mass is 32.2. The summed E-state index contributed by atoms with van der Waals surface area (Å²) >= 11 is 0. The maximum atomic E-state index is 10.7. The van der Waals surface area contributed by atoms with Crippen molar-refractivity contribution in [3.8, 4) is 5.75 Å². The number of para-hydroxylation sites is 1. The zero-order valence-corrected chi connectivity index (χ0v) is 7.61. The fourth-order valence-corrected chi connectivity index (χ4v) is 1.49. The maximum Gasteiger partial charge on any atom is 0.298 e. The fourth-order valence-electron chi connectivity index (χ4n) is 0.832. The number of ether oxygens (including phenoxy) is 1. The van der Waals surface area contributed by atoms with Gasteiger partial charge >= 0.3 is 0 Å². The molecule has 1 rings (SSSR count). The molecule has 0 amide bonds. The summed E-state index contributed by atoms with van der Waals surface area (Å²) < 4.78 is 34.8. The third-order valence-electron chi connectivity index (χ3n) is 1.35. The molecule has 0 aliphatic heterocycles. The van der Waals surface area contributed by atoms with Crippen molar-refractivity contribution >= 4 is 10.1 Å². The highest BCUT2D eigenvalue weighted by Crippen LogP contribution is 2.21. The van der Waals surface area contributed by atoms with Crippen molar-refractivity contribution in [2.24, 2.45) is 0 Å². The molecule has 13 heavy (non-hydrogen) atoms. The number of hydrogen-bond acceptors (Lipinski definition) is 3. The van der Waals surface area contributed by atoms with Gasteiger partial charge in [-0.1, -0.05) is 12.1 Å². The lowest BCUT2D eigenvalue weighted by Crippen LogP contribution is -2.00. The number of hydrogen-bond donors (Lipinski definition) is 1. The van der Waals surface area contributed by atoms with Crippen molar-refractivity contribution in [1.82, 2.24) is 0 Å². The molecule has 74 valence electrons. The van der Waals surface area contributed by atoms with Gasteiger partial charge in [0.15, 0.2) is 0 Å². The highest BCUT2D eigenvalue weighted by molar-refractivity contribution is 7.86. The lowest BCUT2D eigenvalue weighted by Gasteiger charge is -2.03. The van der Waals surface area contributed by atoms with Gasteiger partial charge in [-0.25, -0.2) is 0 Å². The topological polar surface area (TPSA) is 63.6 Å². The van der Waals surface area contributed by atoms with E-state index in [0.29, 0.717) is 0 Å². The van der Waals surface area contributed by atoms with Crippen molar-refractivity contribution in [2.75, 3.05) is 7.11 Å². The van der Waals surface area contributed by atoms with E-state index in [1.165, 1.54) is 25.3 Å². The molecule has 0 aliphatic carbocycles. The predicted octanol–water partition coefficient (Wildman–Crippen LogP) is 1.09. The number of halogens is 1.